The van der Waals surface area contributed by atoms with Crippen LogP contribution in [0.1, 0.15) is 12.0 Å². The molecule has 162 valence electrons. The van der Waals surface area contributed by atoms with E-state index in [0.717, 1.165) is 42.2 Å². The molecule has 0 unspecified atom stereocenters. The first-order valence-corrected chi connectivity index (χ1v) is 11.3. The van der Waals surface area contributed by atoms with E-state index in [9.17, 15) is 4.79 Å². The van der Waals surface area contributed by atoms with Gasteiger partial charge in [0, 0.05) is 24.9 Å². The minimum Gasteiger partial charge on any atom is -0.497 e. The summed E-state index contributed by atoms with van der Waals surface area (Å²) in [4.78, 5) is 14.9. The Morgan fingerprint density at radius 1 is 1.10 bits per heavy atom. The van der Waals surface area contributed by atoms with E-state index in [1.165, 1.54) is 17.3 Å². The number of nitrogens with zero attached hydrogens (tertiary/aromatic N) is 4. The van der Waals surface area contributed by atoms with Crippen LogP contribution in [0.25, 0.3) is 11.4 Å². The smallest absolute Gasteiger partial charge is 0.237 e. The van der Waals surface area contributed by atoms with E-state index in [4.69, 9.17) is 9.47 Å². The second kappa shape index (κ2) is 9.98. The van der Waals surface area contributed by atoms with Crippen molar-refractivity contribution in [3.8, 4) is 17.1 Å². The third-order valence-electron chi connectivity index (χ3n) is 5.32. The molecule has 0 bridgehead atoms. The van der Waals surface area contributed by atoms with Gasteiger partial charge in [0.15, 0.2) is 11.0 Å². The molecule has 8 heteroatoms. The lowest BCUT2D eigenvalue weighted by molar-refractivity contribution is -0.116. The third kappa shape index (κ3) is 4.75. The van der Waals surface area contributed by atoms with Crippen molar-refractivity contribution in [2.75, 3.05) is 38.0 Å². The number of aromatic nitrogens is 3. The number of rotatable bonds is 8. The summed E-state index contributed by atoms with van der Waals surface area (Å²) in [5.74, 6) is 1.93. The van der Waals surface area contributed by atoms with Gasteiger partial charge in [-0.05, 0) is 48.7 Å². The van der Waals surface area contributed by atoms with Crippen LogP contribution in [0.2, 0.25) is 0 Å². The molecule has 0 saturated heterocycles. The fraction of sp³-hybridized carbons (Fsp3) is 0.348. The molecule has 1 aliphatic rings. The van der Waals surface area contributed by atoms with Gasteiger partial charge < -0.3 is 14.4 Å². The molecule has 0 spiro atoms. The summed E-state index contributed by atoms with van der Waals surface area (Å²) in [5, 5.41) is 9.47. The maximum Gasteiger partial charge on any atom is 0.237 e. The first kappa shape index (κ1) is 21.4. The van der Waals surface area contributed by atoms with Gasteiger partial charge in [0.05, 0.1) is 26.0 Å². The number of amides is 1. The lowest BCUT2D eigenvalue weighted by atomic mass is 10.0. The van der Waals surface area contributed by atoms with Crippen molar-refractivity contribution in [3.05, 3.63) is 54.1 Å². The summed E-state index contributed by atoms with van der Waals surface area (Å²) in [7, 11) is 3.31. The highest BCUT2D eigenvalue weighted by Crippen LogP contribution is 2.29. The van der Waals surface area contributed by atoms with Crippen LogP contribution in [0, 0.1) is 0 Å². The molecule has 0 N–H and O–H groups in total. The molecule has 2 aromatic carbocycles. The number of aryl methyl sites for hydroxylation is 1. The number of carbonyl (C=O) groups excluding carboxylic acids is 1. The molecule has 31 heavy (non-hydrogen) atoms. The SMILES string of the molecule is COCCn1c(SCC(=O)N2CCCc3ccccc32)nnc1-c1ccc(OC)cc1. The van der Waals surface area contributed by atoms with Crippen molar-refractivity contribution < 1.29 is 14.3 Å². The number of fused-ring (bicyclic) bond motifs is 1. The van der Waals surface area contributed by atoms with Crippen LogP contribution < -0.4 is 9.64 Å². The molecule has 0 fully saturated rings. The highest BCUT2D eigenvalue weighted by Gasteiger charge is 2.23. The molecule has 1 aliphatic heterocycles. The molecule has 2 heterocycles. The van der Waals surface area contributed by atoms with Crippen LogP contribution in [-0.2, 0) is 22.5 Å². The van der Waals surface area contributed by atoms with Crippen LogP contribution in [0.3, 0.4) is 0 Å². The fourth-order valence-electron chi connectivity index (χ4n) is 3.73. The Morgan fingerprint density at radius 3 is 2.68 bits per heavy atom. The highest BCUT2D eigenvalue weighted by atomic mass is 32.2. The van der Waals surface area contributed by atoms with Gasteiger partial charge in [-0.3, -0.25) is 9.36 Å². The average Bonchev–Trinajstić information content (AvgIpc) is 3.23. The molecular weight excluding hydrogens is 412 g/mol. The van der Waals surface area contributed by atoms with E-state index in [-0.39, 0.29) is 5.91 Å². The highest BCUT2D eigenvalue weighted by molar-refractivity contribution is 7.99. The van der Waals surface area contributed by atoms with Crippen molar-refractivity contribution in [2.45, 2.75) is 24.5 Å². The predicted molar refractivity (Wildman–Crippen MR) is 122 cm³/mol. The average molecular weight is 439 g/mol. The maximum atomic E-state index is 13.0. The summed E-state index contributed by atoms with van der Waals surface area (Å²) in [6, 6.07) is 15.8. The minimum absolute atomic E-state index is 0.0874. The molecule has 0 radical (unpaired) electrons. The van der Waals surface area contributed by atoms with E-state index < -0.39 is 0 Å². The molecule has 1 amide bonds. The third-order valence-corrected chi connectivity index (χ3v) is 6.27. The van der Waals surface area contributed by atoms with E-state index in [1.807, 2.05) is 51.9 Å². The Labute approximate surface area is 186 Å². The number of hydrogen-bond acceptors (Lipinski definition) is 6. The van der Waals surface area contributed by atoms with Gasteiger partial charge in [0.25, 0.3) is 0 Å². The second-order valence-corrected chi connectivity index (χ2v) is 8.19. The second-order valence-electron chi connectivity index (χ2n) is 7.25. The monoisotopic (exact) mass is 438 g/mol. The number of hydrogen-bond donors (Lipinski definition) is 0. The minimum atomic E-state index is 0.0874. The molecule has 1 aromatic heterocycles. The summed E-state index contributed by atoms with van der Waals surface area (Å²) >= 11 is 1.41. The largest absolute Gasteiger partial charge is 0.497 e. The Kier molecular flexibility index (Phi) is 6.89. The Morgan fingerprint density at radius 2 is 1.90 bits per heavy atom. The number of ether oxygens (including phenoxy) is 2. The van der Waals surface area contributed by atoms with Gasteiger partial charge >= 0.3 is 0 Å². The molecule has 0 saturated carbocycles. The van der Waals surface area contributed by atoms with E-state index in [0.29, 0.717) is 24.1 Å². The molecule has 4 rings (SSSR count). The van der Waals surface area contributed by atoms with Crippen molar-refractivity contribution in [2.24, 2.45) is 0 Å². The molecule has 3 aromatic rings. The van der Waals surface area contributed by atoms with Gasteiger partial charge in [-0.25, -0.2) is 0 Å². The maximum absolute atomic E-state index is 13.0. The topological polar surface area (TPSA) is 69.5 Å². The molecule has 7 nitrogen and oxygen atoms in total. The Bertz CT molecular complexity index is 1040. The van der Waals surface area contributed by atoms with Crippen LogP contribution in [-0.4, -0.2) is 53.8 Å². The van der Waals surface area contributed by atoms with Crippen LogP contribution in [0.4, 0.5) is 5.69 Å². The van der Waals surface area contributed by atoms with Crippen LogP contribution in [0.5, 0.6) is 5.75 Å². The first-order chi connectivity index (χ1) is 15.2. The first-order valence-electron chi connectivity index (χ1n) is 10.3. The Balaban J connectivity index is 1.51. The summed E-state index contributed by atoms with van der Waals surface area (Å²) < 4.78 is 12.5. The summed E-state index contributed by atoms with van der Waals surface area (Å²) in [6.07, 6.45) is 2.00. The van der Waals surface area contributed by atoms with Gasteiger partial charge in [-0.15, -0.1) is 10.2 Å². The van der Waals surface area contributed by atoms with E-state index in [1.54, 1.807) is 14.2 Å². The zero-order valence-electron chi connectivity index (χ0n) is 17.8. The van der Waals surface area contributed by atoms with Gasteiger partial charge in [-0.2, -0.15) is 0 Å². The number of methoxy groups -OCH3 is 2. The number of para-hydroxylation sites is 1. The van der Waals surface area contributed by atoms with Crippen LogP contribution in [0.15, 0.2) is 53.7 Å². The lowest BCUT2D eigenvalue weighted by Gasteiger charge is -2.29. The number of carbonyl (C=O) groups is 1. The van der Waals surface area contributed by atoms with Crippen molar-refractivity contribution >= 4 is 23.4 Å². The van der Waals surface area contributed by atoms with Crippen LogP contribution >= 0.6 is 11.8 Å². The van der Waals surface area contributed by atoms with Gasteiger partial charge in [0.1, 0.15) is 5.75 Å². The predicted octanol–water partition coefficient (Wildman–Crippen LogP) is 3.67. The fourth-order valence-corrected chi connectivity index (χ4v) is 4.57. The molecule has 0 aliphatic carbocycles. The van der Waals surface area contributed by atoms with Crippen molar-refractivity contribution in [1.29, 1.82) is 0 Å². The normalized spacial score (nSPS) is 13.2. The molecule has 0 atom stereocenters. The Hall–Kier alpha value is -2.84. The van der Waals surface area contributed by atoms with Gasteiger partial charge in [-0.1, -0.05) is 30.0 Å². The number of benzene rings is 2. The zero-order chi connectivity index (χ0) is 21.6. The summed E-state index contributed by atoms with van der Waals surface area (Å²) in [6.45, 7) is 1.89. The quantitative estimate of drug-likeness (QED) is 0.500. The number of thioether (sulfide) groups is 1. The van der Waals surface area contributed by atoms with E-state index in [2.05, 4.69) is 16.3 Å². The standard InChI is InChI=1S/C23H26N4O3S/c1-29-15-14-27-22(18-9-11-19(30-2)12-10-18)24-25-23(27)31-16-21(28)26-13-5-7-17-6-3-4-8-20(17)26/h3-4,6,8-12H,5,7,13-16H2,1-2H3. The number of anilines is 1. The van der Waals surface area contributed by atoms with Crippen molar-refractivity contribution in [3.63, 3.8) is 0 Å². The van der Waals surface area contributed by atoms with Crippen molar-refractivity contribution in [1.82, 2.24) is 14.8 Å². The summed E-state index contributed by atoms with van der Waals surface area (Å²) in [5.41, 5.74) is 3.20. The van der Waals surface area contributed by atoms with E-state index >= 15 is 0 Å². The lowest BCUT2D eigenvalue weighted by Crippen LogP contribution is -2.36. The zero-order valence-corrected chi connectivity index (χ0v) is 18.6. The molecular formula is C23H26N4O3S. The van der Waals surface area contributed by atoms with Gasteiger partial charge in [0.2, 0.25) is 5.91 Å².